The first kappa shape index (κ1) is 12.1. The fourth-order valence-corrected chi connectivity index (χ4v) is 3.58. The van der Waals surface area contributed by atoms with E-state index in [1.54, 1.807) is 6.07 Å². The van der Waals surface area contributed by atoms with Gasteiger partial charge in [-0.2, -0.15) is 0 Å². The number of hydrogen-bond donors (Lipinski definition) is 2. The zero-order valence-corrected chi connectivity index (χ0v) is 10.7. The first-order chi connectivity index (χ1) is 8.54. The van der Waals surface area contributed by atoms with Crippen LogP contribution >= 0.6 is 0 Å². The van der Waals surface area contributed by atoms with E-state index in [1.165, 1.54) is 18.9 Å². The van der Waals surface area contributed by atoms with Crippen LogP contribution in [0, 0.1) is 12.7 Å². The minimum atomic E-state index is -0.611. The van der Waals surface area contributed by atoms with Crippen LogP contribution in [0.25, 0.3) is 0 Å². The van der Waals surface area contributed by atoms with E-state index in [4.69, 9.17) is 0 Å². The second kappa shape index (κ2) is 4.32. The van der Waals surface area contributed by atoms with Crippen LogP contribution in [-0.4, -0.2) is 22.8 Å². The predicted octanol–water partition coefficient (Wildman–Crippen LogP) is 2.32. The summed E-state index contributed by atoms with van der Waals surface area (Å²) in [7, 11) is 0. The number of benzene rings is 1. The summed E-state index contributed by atoms with van der Waals surface area (Å²) in [5.74, 6) is -0.200. The lowest BCUT2D eigenvalue weighted by Gasteiger charge is -2.37. The molecule has 2 aliphatic rings. The van der Waals surface area contributed by atoms with Crippen LogP contribution in [0.4, 0.5) is 4.39 Å². The third-order valence-electron chi connectivity index (χ3n) is 4.41. The Balaban J connectivity index is 1.79. The lowest BCUT2D eigenvalue weighted by molar-refractivity contribution is -0.00622. The molecule has 18 heavy (non-hydrogen) atoms. The van der Waals surface area contributed by atoms with Crippen molar-refractivity contribution in [2.24, 2.45) is 0 Å². The Bertz CT molecular complexity index is 448. The summed E-state index contributed by atoms with van der Waals surface area (Å²) in [6, 6.07) is 5.78. The molecule has 2 bridgehead atoms. The number of aryl methyl sites for hydroxylation is 1. The summed E-state index contributed by atoms with van der Waals surface area (Å²) in [6.45, 7) is 1.91. The average Bonchev–Trinajstić information content (AvgIpc) is 2.63. The maximum Gasteiger partial charge on any atom is 0.123 e. The normalized spacial score (nSPS) is 34.8. The molecule has 0 amide bonds. The molecular formula is C15H20FNO. The SMILES string of the molecule is Cc1cc(F)ccc1CC1(O)CC2CCC(C1)N2. The number of aliphatic hydroxyl groups is 1. The van der Waals surface area contributed by atoms with Crippen molar-refractivity contribution in [2.45, 2.75) is 56.7 Å². The van der Waals surface area contributed by atoms with Crippen molar-refractivity contribution in [1.29, 1.82) is 0 Å². The Hall–Kier alpha value is -0.930. The van der Waals surface area contributed by atoms with Crippen LogP contribution in [0.15, 0.2) is 18.2 Å². The van der Waals surface area contributed by atoms with Gasteiger partial charge in [-0.1, -0.05) is 6.07 Å². The van der Waals surface area contributed by atoms with Crippen molar-refractivity contribution >= 4 is 0 Å². The van der Waals surface area contributed by atoms with Gasteiger partial charge in [0.05, 0.1) is 5.60 Å². The smallest absolute Gasteiger partial charge is 0.123 e. The Kier molecular flexibility index (Phi) is 2.91. The van der Waals surface area contributed by atoms with E-state index in [2.05, 4.69) is 5.32 Å². The van der Waals surface area contributed by atoms with Gasteiger partial charge in [-0.3, -0.25) is 0 Å². The van der Waals surface area contributed by atoms with Crippen molar-refractivity contribution in [1.82, 2.24) is 5.32 Å². The molecule has 2 heterocycles. The zero-order valence-electron chi connectivity index (χ0n) is 10.7. The van der Waals surface area contributed by atoms with Gasteiger partial charge >= 0.3 is 0 Å². The lowest BCUT2D eigenvalue weighted by atomic mass is 9.81. The first-order valence-corrected chi connectivity index (χ1v) is 6.78. The topological polar surface area (TPSA) is 32.3 Å². The van der Waals surface area contributed by atoms with Gasteiger partial charge < -0.3 is 10.4 Å². The van der Waals surface area contributed by atoms with Gasteiger partial charge in [0.25, 0.3) is 0 Å². The Morgan fingerprint density at radius 3 is 2.61 bits per heavy atom. The Morgan fingerprint density at radius 2 is 2.00 bits per heavy atom. The molecule has 1 aromatic carbocycles. The number of hydrogen-bond acceptors (Lipinski definition) is 2. The highest BCUT2D eigenvalue weighted by molar-refractivity contribution is 5.28. The minimum absolute atomic E-state index is 0.200. The fraction of sp³-hybridized carbons (Fsp3) is 0.600. The van der Waals surface area contributed by atoms with E-state index in [0.29, 0.717) is 18.5 Å². The maximum atomic E-state index is 13.1. The molecule has 98 valence electrons. The molecule has 2 fully saturated rings. The monoisotopic (exact) mass is 249 g/mol. The van der Waals surface area contributed by atoms with Gasteiger partial charge in [0.1, 0.15) is 5.82 Å². The summed E-state index contributed by atoms with van der Waals surface area (Å²) >= 11 is 0. The largest absolute Gasteiger partial charge is 0.389 e. The number of fused-ring (bicyclic) bond motifs is 2. The molecule has 0 radical (unpaired) electrons. The van der Waals surface area contributed by atoms with Crippen LogP contribution < -0.4 is 5.32 Å². The van der Waals surface area contributed by atoms with Crippen molar-refractivity contribution < 1.29 is 9.50 Å². The van der Waals surface area contributed by atoms with E-state index < -0.39 is 5.60 Å². The standard InChI is InChI=1S/C15H20FNO/c1-10-6-12(16)3-2-11(10)7-15(18)8-13-4-5-14(9-15)17-13/h2-3,6,13-14,17-18H,4-5,7-9H2,1H3. The van der Waals surface area contributed by atoms with Gasteiger partial charge in [-0.25, -0.2) is 4.39 Å². The minimum Gasteiger partial charge on any atom is -0.389 e. The average molecular weight is 249 g/mol. The van der Waals surface area contributed by atoms with Crippen molar-refractivity contribution in [3.63, 3.8) is 0 Å². The first-order valence-electron chi connectivity index (χ1n) is 6.78. The van der Waals surface area contributed by atoms with Crippen molar-refractivity contribution in [2.75, 3.05) is 0 Å². The summed E-state index contributed by atoms with van der Waals surface area (Å²) in [5.41, 5.74) is 1.40. The van der Waals surface area contributed by atoms with E-state index >= 15 is 0 Å². The molecule has 0 aromatic heterocycles. The van der Waals surface area contributed by atoms with Crippen LogP contribution in [0.1, 0.15) is 36.8 Å². The molecule has 2 saturated heterocycles. The molecule has 0 spiro atoms. The number of piperidine rings is 1. The third kappa shape index (κ3) is 2.29. The quantitative estimate of drug-likeness (QED) is 0.843. The Morgan fingerprint density at radius 1 is 1.33 bits per heavy atom. The molecular weight excluding hydrogens is 229 g/mol. The lowest BCUT2D eigenvalue weighted by Crippen LogP contribution is -2.49. The maximum absolute atomic E-state index is 13.1. The van der Waals surface area contributed by atoms with Crippen LogP contribution in [0.2, 0.25) is 0 Å². The van der Waals surface area contributed by atoms with Crippen LogP contribution in [-0.2, 0) is 6.42 Å². The van der Waals surface area contributed by atoms with Crippen LogP contribution in [0.5, 0.6) is 0 Å². The van der Waals surface area contributed by atoms with Crippen LogP contribution in [0.3, 0.4) is 0 Å². The molecule has 3 rings (SSSR count). The molecule has 2 nitrogen and oxygen atoms in total. The molecule has 2 atom stereocenters. The zero-order chi connectivity index (χ0) is 12.8. The molecule has 0 saturated carbocycles. The Labute approximate surface area is 107 Å². The molecule has 3 heteroatoms. The highest BCUT2D eigenvalue weighted by Crippen LogP contribution is 2.36. The van der Waals surface area contributed by atoms with Gasteiger partial charge in [-0.05, 0) is 55.9 Å². The van der Waals surface area contributed by atoms with E-state index in [-0.39, 0.29) is 5.82 Å². The second-order valence-electron chi connectivity index (χ2n) is 6.02. The predicted molar refractivity (Wildman–Crippen MR) is 69.0 cm³/mol. The van der Waals surface area contributed by atoms with Crippen molar-refractivity contribution in [3.8, 4) is 0 Å². The summed E-state index contributed by atoms with van der Waals surface area (Å²) in [6.07, 6.45) is 4.64. The highest BCUT2D eigenvalue weighted by atomic mass is 19.1. The van der Waals surface area contributed by atoms with Gasteiger partial charge in [0, 0.05) is 18.5 Å². The van der Waals surface area contributed by atoms with E-state index in [9.17, 15) is 9.50 Å². The summed E-state index contributed by atoms with van der Waals surface area (Å²) in [5, 5.41) is 14.3. The van der Waals surface area contributed by atoms with Gasteiger partial charge in [-0.15, -0.1) is 0 Å². The number of rotatable bonds is 2. The van der Waals surface area contributed by atoms with Gasteiger partial charge in [0.2, 0.25) is 0 Å². The number of halogens is 1. The molecule has 1 aromatic rings. The molecule has 0 aliphatic carbocycles. The summed E-state index contributed by atoms with van der Waals surface area (Å²) < 4.78 is 13.1. The third-order valence-corrected chi connectivity index (χ3v) is 4.41. The van der Waals surface area contributed by atoms with Gasteiger partial charge in [0.15, 0.2) is 0 Å². The van der Waals surface area contributed by atoms with E-state index in [0.717, 1.165) is 24.0 Å². The number of nitrogens with one attached hydrogen (secondary N) is 1. The van der Waals surface area contributed by atoms with Crippen molar-refractivity contribution in [3.05, 3.63) is 35.1 Å². The molecule has 2 N–H and O–H groups in total. The molecule has 2 unspecified atom stereocenters. The second-order valence-corrected chi connectivity index (χ2v) is 6.02. The fourth-order valence-electron chi connectivity index (χ4n) is 3.58. The molecule has 2 aliphatic heterocycles. The van der Waals surface area contributed by atoms with E-state index in [1.807, 2.05) is 13.0 Å². The highest BCUT2D eigenvalue weighted by Gasteiger charge is 2.42. The summed E-state index contributed by atoms with van der Waals surface area (Å²) in [4.78, 5) is 0.